The molecule has 5 heteroatoms. The van der Waals surface area contributed by atoms with E-state index in [2.05, 4.69) is 6.08 Å². The molecule has 0 saturated carbocycles. The van der Waals surface area contributed by atoms with Crippen molar-refractivity contribution in [2.45, 2.75) is 12.8 Å². The summed E-state index contributed by atoms with van der Waals surface area (Å²) in [6.45, 7) is 0. The lowest BCUT2D eigenvalue weighted by Crippen LogP contribution is -2.23. The van der Waals surface area contributed by atoms with Crippen molar-refractivity contribution >= 4 is 17.5 Å². The topological polar surface area (TPSA) is 49.8 Å². The average molecular weight is 316 g/mol. The summed E-state index contributed by atoms with van der Waals surface area (Å²) in [6, 6.07) is 4.42. The van der Waals surface area contributed by atoms with Crippen molar-refractivity contribution in [2.24, 2.45) is 0 Å². The summed E-state index contributed by atoms with van der Waals surface area (Å²) >= 11 is 5.76. The number of halogens is 1. The van der Waals surface area contributed by atoms with Crippen LogP contribution in [-0.2, 0) is 4.74 Å². The third-order valence-corrected chi connectivity index (χ3v) is 3.75. The van der Waals surface area contributed by atoms with Gasteiger partial charge in [-0.2, -0.15) is 0 Å². The summed E-state index contributed by atoms with van der Waals surface area (Å²) in [5.41, 5.74) is 1.39. The van der Waals surface area contributed by atoms with Crippen molar-refractivity contribution in [3.63, 3.8) is 0 Å². The van der Waals surface area contributed by atoms with Crippen LogP contribution in [0.5, 0.6) is 5.75 Å². The molecule has 0 saturated heterocycles. The van der Waals surface area contributed by atoms with Crippen molar-refractivity contribution in [1.82, 2.24) is 4.90 Å². The Labute approximate surface area is 133 Å². The zero-order valence-electron chi connectivity index (χ0n) is 11.7. The molecule has 1 aliphatic heterocycles. The molecule has 112 valence electrons. The van der Waals surface area contributed by atoms with Gasteiger partial charge in [-0.15, -0.1) is 0 Å². The van der Waals surface area contributed by atoms with Gasteiger partial charge in [0.05, 0.1) is 11.2 Å². The summed E-state index contributed by atoms with van der Waals surface area (Å²) in [6.07, 6.45) is 12.5. The summed E-state index contributed by atoms with van der Waals surface area (Å²) in [7, 11) is 0. The number of benzene rings is 1. The molecule has 2 aliphatic rings. The Kier molecular flexibility index (Phi) is 4.02. The molecular formula is C17H14ClNO3. The first kappa shape index (κ1) is 14.5. The molecule has 1 amide bonds. The van der Waals surface area contributed by atoms with Crippen molar-refractivity contribution < 1.29 is 14.6 Å². The Morgan fingerprint density at radius 2 is 2.23 bits per heavy atom. The van der Waals surface area contributed by atoms with Gasteiger partial charge < -0.3 is 9.84 Å². The molecule has 0 fully saturated rings. The van der Waals surface area contributed by atoms with Gasteiger partial charge in [0.1, 0.15) is 17.8 Å². The average Bonchev–Trinajstić information content (AvgIpc) is 2.57. The maximum Gasteiger partial charge on any atom is 0.262 e. The number of rotatable bonds is 2. The van der Waals surface area contributed by atoms with Gasteiger partial charge >= 0.3 is 0 Å². The van der Waals surface area contributed by atoms with E-state index in [0.29, 0.717) is 11.3 Å². The third-order valence-electron chi connectivity index (χ3n) is 3.43. The van der Waals surface area contributed by atoms with Gasteiger partial charge in [-0.25, -0.2) is 0 Å². The first-order valence-electron chi connectivity index (χ1n) is 6.87. The monoisotopic (exact) mass is 315 g/mol. The SMILES string of the molecule is O=C(c1ccc(Cl)c(O)c1)N1C=COC(C2=CC=CCC2)=C1. The van der Waals surface area contributed by atoms with E-state index in [1.165, 1.54) is 29.5 Å². The molecule has 0 radical (unpaired) electrons. The van der Waals surface area contributed by atoms with Crippen LogP contribution in [0.25, 0.3) is 0 Å². The number of carbonyl (C=O) groups excluding carboxylic acids is 1. The van der Waals surface area contributed by atoms with Gasteiger partial charge in [0.2, 0.25) is 0 Å². The number of amides is 1. The van der Waals surface area contributed by atoms with Gasteiger partial charge in [-0.05, 0) is 36.6 Å². The summed E-state index contributed by atoms with van der Waals surface area (Å²) in [5.74, 6) is 0.267. The lowest BCUT2D eigenvalue weighted by molar-refractivity contribution is 0.0855. The molecular weight excluding hydrogens is 302 g/mol. The van der Waals surface area contributed by atoms with Crippen LogP contribution < -0.4 is 0 Å². The van der Waals surface area contributed by atoms with E-state index in [1.54, 1.807) is 12.3 Å². The highest BCUT2D eigenvalue weighted by atomic mass is 35.5. The van der Waals surface area contributed by atoms with Crippen molar-refractivity contribution in [3.05, 3.63) is 77.0 Å². The number of phenolic OH excluding ortho intramolecular Hbond substituents is 1. The van der Waals surface area contributed by atoms with Crippen LogP contribution in [0.15, 0.2) is 66.4 Å². The second-order valence-electron chi connectivity index (χ2n) is 4.93. The van der Waals surface area contributed by atoms with E-state index < -0.39 is 0 Å². The minimum Gasteiger partial charge on any atom is -0.506 e. The predicted molar refractivity (Wildman–Crippen MR) is 84.1 cm³/mol. The molecule has 22 heavy (non-hydrogen) atoms. The van der Waals surface area contributed by atoms with Crippen LogP contribution in [0.4, 0.5) is 0 Å². The smallest absolute Gasteiger partial charge is 0.262 e. The van der Waals surface area contributed by atoms with Gasteiger partial charge in [-0.1, -0.05) is 29.8 Å². The highest BCUT2D eigenvalue weighted by Gasteiger charge is 2.19. The molecule has 0 aromatic heterocycles. The van der Waals surface area contributed by atoms with E-state index >= 15 is 0 Å². The molecule has 0 unspecified atom stereocenters. The number of phenols is 1. The van der Waals surface area contributed by atoms with Crippen LogP contribution in [0, 0.1) is 0 Å². The van der Waals surface area contributed by atoms with Gasteiger partial charge in [0.15, 0.2) is 0 Å². The van der Waals surface area contributed by atoms with E-state index in [4.69, 9.17) is 16.3 Å². The fraction of sp³-hybridized carbons (Fsp3) is 0.118. The van der Waals surface area contributed by atoms with Gasteiger partial charge in [-0.3, -0.25) is 9.69 Å². The van der Waals surface area contributed by atoms with E-state index in [9.17, 15) is 9.90 Å². The van der Waals surface area contributed by atoms with Gasteiger partial charge in [0, 0.05) is 11.8 Å². The largest absolute Gasteiger partial charge is 0.506 e. The maximum atomic E-state index is 12.5. The molecule has 0 spiro atoms. The Morgan fingerprint density at radius 3 is 2.95 bits per heavy atom. The predicted octanol–water partition coefficient (Wildman–Crippen LogP) is 4.11. The first-order valence-corrected chi connectivity index (χ1v) is 7.25. The second-order valence-corrected chi connectivity index (χ2v) is 5.34. The molecule has 3 rings (SSSR count). The van der Waals surface area contributed by atoms with Crippen molar-refractivity contribution in [1.29, 1.82) is 0 Å². The summed E-state index contributed by atoms with van der Waals surface area (Å²) < 4.78 is 5.49. The fourth-order valence-electron chi connectivity index (χ4n) is 2.26. The van der Waals surface area contributed by atoms with Crippen molar-refractivity contribution in [2.75, 3.05) is 0 Å². The second kappa shape index (κ2) is 6.12. The quantitative estimate of drug-likeness (QED) is 0.893. The standard InChI is InChI=1S/C17H14ClNO3/c18-14-7-6-13(10-15(14)20)17(21)19-8-9-22-16(11-19)12-4-2-1-3-5-12/h1-2,4,6-11,20H,3,5H2. The van der Waals surface area contributed by atoms with Crippen LogP contribution in [-0.4, -0.2) is 15.9 Å². The fourth-order valence-corrected chi connectivity index (χ4v) is 2.37. The van der Waals surface area contributed by atoms with Crippen molar-refractivity contribution in [3.8, 4) is 5.75 Å². The number of nitrogens with zero attached hydrogens (tertiary/aromatic N) is 1. The lowest BCUT2D eigenvalue weighted by atomic mass is 10.0. The lowest BCUT2D eigenvalue weighted by Gasteiger charge is -2.22. The Bertz CT molecular complexity index is 731. The van der Waals surface area contributed by atoms with Gasteiger partial charge in [0.25, 0.3) is 5.91 Å². The zero-order chi connectivity index (χ0) is 15.5. The highest BCUT2D eigenvalue weighted by molar-refractivity contribution is 6.32. The third kappa shape index (κ3) is 2.92. The van der Waals surface area contributed by atoms with E-state index in [1.807, 2.05) is 12.2 Å². The molecule has 4 nitrogen and oxygen atoms in total. The molecule has 1 aliphatic carbocycles. The van der Waals surface area contributed by atoms with Crippen LogP contribution in [0.2, 0.25) is 5.02 Å². The Morgan fingerprint density at radius 1 is 1.36 bits per heavy atom. The molecule has 0 atom stereocenters. The molecule has 1 N–H and O–H groups in total. The number of carbonyl (C=O) groups is 1. The van der Waals surface area contributed by atoms with E-state index in [-0.39, 0.29) is 16.7 Å². The number of hydrogen-bond donors (Lipinski definition) is 1. The van der Waals surface area contributed by atoms with Crippen LogP contribution in [0.1, 0.15) is 23.2 Å². The molecule has 1 heterocycles. The molecule has 0 bridgehead atoms. The minimum absolute atomic E-state index is 0.117. The zero-order valence-corrected chi connectivity index (χ0v) is 12.5. The maximum absolute atomic E-state index is 12.5. The normalized spacial score (nSPS) is 16.9. The first-order chi connectivity index (χ1) is 10.6. The van der Waals surface area contributed by atoms with E-state index in [0.717, 1.165) is 18.4 Å². The van der Waals surface area contributed by atoms with Crippen LogP contribution >= 0.6 is 11.6 Å². The molecule has 1 aromatic rings. The number of hydrogen-bond acceptors (Lipinski definition) is 3. The Hall–Kier alpha value is -2.46. The number of aromatic hydroxyl groups is 1. The summed E-state index contributed by atoms with van der Waals surface area (Å²) in [5, 5.41) is 9.84. The summed E-state index contributed by atoms with van der Waals surface area (Å²) in [4.78, 5) is 13.9. The molecule has 1 aromatic carbocycles. The number of allylic oxidation sites excluding steroid dienone is 4. The number of ether oxygens (including phenoxy) is 1. The van der Waals surface area contributed by atoms with Crippen LogP contribution in [0.3, 0.4) is 0 Å². The Balaban J connectivity index is 1.85. The highest BCUT2D eigenvalue weighted by Crippen LogP contribution is 2.27. The minimum atomic E-state index is -0.268.